The molecule has 1 rings (SSSR count). The van der Waals surface area contributed by atoms with Crippen molar-refractivity contribution in [2.24, 2.45) is 0 Å². The van der Waals surface area contributed by atoms with Gasteiger partial charge in [0.05, 0.1) is 6.54 Å². The van der Waals surface area contributed by atoms with Crippen LogP contribution in [0.4, 0.5) is 9.18 Å². The first kappa shape index (κ1) is 12.0. The fraction of sp³-hybridized carbons (Fsp3) is 0.750. The quantitative estimate of drug-likeness (QED) is 0.725. The molecule has 0 aromatic rings. The number of aliphatic carboxylic acids is 1. The molecule has 15 heavy (non-hydrogen) atoms. The van der Waals surface area contributed by atoms with Crippen LogP contribution in [0.15, 0.2) is 0 Å². The van der Waals surface area contributed by atoms with Gasteiger partial charge in [-0.15, -0.1) is 11.6 Å². The number of amides is 1. The molecule has 0 saturated carbocycles. The van der Waals surface area contributed by atoms with E-state index in [1.807, 2.05) is 0 Å². The second kappa shape index (κ2) is 4.22. The van der Waals surface area contributed by atoms with Gasteiger partial charge in [0.25, 0.3) is 0 Å². The van der Waals surface area contributed by atoms with E-state index in [0.717, 1.165) is 0 Å². The number of carbonyl (C=O) groups is 2. The molecule has 1 saturated heterocycles. The van der Waals surface area contributed by atoms with Gasteiger partial charge in [0.2, 0.25) is 0 Å². The Kier molecular flexibility index (Phi) is 3.38. The zero-order valence-corrected chi connectivity index (χ0v) is 8.58. The first-order valence-corrected chi connectivity index (χ1v) is 4.91. The molecule has 0 bridgehead atoms. The van der Waals surface area contributed by atoms with Crippen LogP contribution < -0.4 is 0 Å². The minimum Gasteiger partial charge on any atom is -0.479 e. The minimum atomic E-state index is -1.70. The van der Waals surface area contributed by atoms with E-state index in [9.17, 15) is 14.0 Å². The first-order chi connectivity index (χ1) is 6.94. The maximum atomic E-state index is 13.1. The summed E-state index contributed by atoms with van der Waals surface area (Å²) in [5.74, 6) is -1.37. The third-order valence-electron chi connectivity index (χ3n) is 2.59. The maximum Gasteiger partial charge on any atom is 0.408 e. The molecule has 0 aliphatic carbocycles. The van der Waals surface area contributed by atoms with E-state index in [4.69, 9.17) is 21.8 Å². The summed E-state index contributed by atoms with van der Waals surface area (Å²) in [6, 6.07) is 0. The molecule has 0 spiro atoms. The maximum absolute atomic E-state index is 13.1. The van der Waals surface area contributed by atoms with Crippen LogP contribution in [0, 0.1) is 0 Å². The van der Waals surface area contributed by atoms with Gasteiger partial charge in [-0.3, -0.25) is 4.90 Å². The molecule has 0 aromatic carbocycles. The predicted octanol–water partition coefficient (Wildman–Crippen LogP) is 1.16. The molecule has 86 valence electrons. The van der Waals surface area contributed by atoms with Gasteiger partial charge in [0.15, 0.2) is 0 Å². The molecule has 0 radical (unpaired) electrons. The van der Waals surface area contributed by atoms with Gasteiger partial charge in [-0.1, -0.05) is 0 Å². The molecule has 2 atom stereocenters. The summed E-state index contributed by atoms with van der Waals surface area (Å²) in [6.45, 7) is -0.404. The summed E-state index contributed by atoms with van der Waals surface area (Å²) in [5.41, 5.74) is -1.70. The molecule has 1 amide bonds. The van der Waals surface area contributed by atoms with E-state index in [-0.39, 0.29) is 18.7 Å². The van der Waals surface area contributed by atoms with E-state index in [2.05, 4.69) is 0 Å². The summed E-state index contributed by atoms with van der Waals surface area (Å²) in [6.07, 6.45) is -3.29. The van der Waals surface area contributed by atoms with Gasteiger partial charge in [-0.25, -0.2) is 14.0 Å². The van der Waals surface area contributed by atoms with Crippen molar-refractivity contribution in [1.29, 1.82) is 0 Å². The second-order valence-corrected chi connectivity index (χ2v) is 3.85. The fourth-order valence-corrected chi connectivity index (χ4v) is 2.19. The lowest BCUT2D eigenvalue weighted by molar-refractivity contribution is -0.148. The fourth-order valence-electron chi connectivity index (χ4n) is 1.88. The Morgan fingerprint density at radius 1 is 1.53 bits per heavy atom. The third-order valence-corrected chi connectivity index (χ3v) is 2.78. The summed E-state index contributed by atoms with van der Waals surface area (Å²) in [7, 11) is 0. The van der Waals surface area contributed by atoms with E-state index >= 15 is 0 Å². The number of likely N-dealkylation sites (tertiary alicyclic amines) is 1. The predicted molar refractivity (Wildman–Crippen MR) is 49.9 cm³/mol. The van der Waals surface area contributed by atoms with Crippen molar-refractivity contribution in [1.82, 2.24) is 4.90 Å². The SMILES string of the molecule is O=C(O)N1CC(F)CC1(CCCl)C(=O)O. The molecule has 0 aromatic heterocycles. The number of hydrogen-bond donors (Lipinski definition) is 2. The van der Waals surface area contributed by atoms with Crippen LogP contribution in [0.25, 0.3) is 0 Å². The monoisotopic (exact) mass is 239 g/mol. The van der Waals surface area contributed by atoms with Crippen molar-refractivity contribution in [2.45, 2.75) is 24.6 Å². The summed E-state index contributed by atoms with van der Waals surface area (Å²) >= 11 is 5.43. The average Bonchev–Trinajstić information content (AvgIpc) is 2.44. The van der Waals surface area contributed by atoms with Gasteiger partial charge in [-0.2, -0.15) is 0 Å². The lowest BCUT2D eigenvalue weighted by Crippen LogP contribution is -2.53. The van der Waals surface area contributed by atoms with Gasteiger partial charge >= 0.3 is 12.1 Å². The van der Waals surface area contributed by atoms with Crippen LogP contribution in [-0.2, 0) is 4.79 Å². The third kappa shape index (κ3) is 1.99. The van der Waals surface area contributed by atoms with Gasteiger partial charge < -0.3 is 10.2 Å². The number of carboxylic acid groups (broad SMARTS) is 2. The van der Waals surface area contributed by atoms with Crippen LogP contribution in [0.3, 0.4) is 0 Å². The van der Waals surface area contributed by atoms with Crippen molar-refractivity contribution in [3.8, 4) is 0 Å². The normalized spacial score (nSPS) is 30.5. The summed E-state index contributed by atoms with van der Waals surface area (Å²) in [5, 5.41) is 17.8. The topological polar surface area (TPSA) is 77.8 Å². The van der Waals surface area contributed by atoms with Crippen LogP contribution in [0.2, 0.25) is 0 Å². The van der Waals surface area contributed by atoms with Gasteiger partial charge in [-0.05, 0) is 6.42 Å². The van der Waals surface area contributed by atoms with Gasteiger partial charge in [0, 0.05) is 12.3 Å². The highest BCUT2D eigenvalue weighted by Gasteiger charge is 2.53. The van der Waals surface area contributed by atoms with E-state index in [1.54, 1.807) is 0 Å². The zero-order chi connectivity index (χ0) is 11.6. The Balaban J connectivity index is 3.02. The minimum absolute atomic E-state index is 0.0250. The van der Waals surface area contributed by atoms with Crippen LogP contribution in [0.1, 0.15) is 12.8 Å². The first-order valence-electron chi connectivity index (χ1n) is 4.38. The van der Waals surface area contributed by atoms with E-state index < -0.39 is 30.3 Å². The summed E-state index contributed by atoms with van der Waals surface area (Å²) < 4.78 is 13.1. The number of alkyl halides is 2. The van der Waals surface area contributed by atoms with Crippen molar-refractivity contribution < 1.29 is 24.2 Å². The highest BCUT2D eigenvalue weighted by molar-refractivity contribution is 6.18. The number of nitrogens with zero attached hydrogens (tertiary/aromatic N) is 1. The van der Waals surface area contributed by atoms with Gasteiger partial charge in [0.1, 0.15) is 11.7 Å². The lowest BCUT2D eigenvalue weighted by Gasteiger charge is -2.31. The van der Waals surface area contributed by atoms with E-state index in [1.165, 1.54) is 0 Å². The van der Waals surface area contributed by atoms with Crippen molar-refractivity contribution >= 4 is 23.7 Å². The molecule has 1 aliphatic rings. The average molecular weight is 240 g/mol. The van der Waals surface area contributed by atoms with Crippen LogP contribution in [0.5, 0.6) is 0 Å². The molecule has 1 fully saturated rings. The molecule has 2 unspecified atom stereocenters. The standard InChI is InChI=1S/C8H11ClFNO4/c9-2-1-8(6(12)13)3-5(10)4-11(8)7(14)15/h5H,1-4H2,(H,12,13)(H,14,15). The molecule has 5 nitrogen and oxygen atoms in total. The molecular formula is C8H11ClFNO4. The lowest BCUT2D eigenvalue weighted by atomic mass is 9.93. The Hall–Kier alpha value is -1.04. The highest BCUT2D eigenvalue weighted by atomic mass is 35.5. The Morgan fingerprint density at radius 3 is 2.53 bits per heavy atom. The highest BCUT2D eigenvalue weighted by Crippen LogP contribution is 2.34. The molecule has 1 heterocycles. The number of hydrogen-bond acceptors (Lipinski definition) is 2. The molecule has 7 heteroatoms. The number of rotatable bonds is 3. The van der Waals surface area contributed by atoms with Crippen LogP contribution >= 0.6 is 11.6 Å². The number of carboxylic acids is 1. The van der Waals surface area contributed by atoms with E-state index in [0.29, 0.717) is 4.90 Å². The van der Waals surface area contributed by atoms with Crippen molar-refractivity contribution in [3.05, 3.63) is 0 Å². The zero-order valence-electron chi connectivity index (χ0n) is 7.82. The molecule has 1 aliphatic heterocycles. The Bertz CT molecular complexity index is 288. The second-order valence-electron chi connectivity index (χ2n) is 3.47. The van der Waals surface area contributed by atoms with Crippen molar-refractivity contribution in [2.75, 3.05) is 12.4 Å². The Morgan fingerprint density at radius 2 is 2.13 bits per heavy atom. The van der Waals surface area contributed by atoms with Crippen molar-refractivity contribution in [3.63, 3.8) is 0 Å². The Labute approximate surface area is 90.4 Å². The number of halogens is 2. The molecular weight excluding hydrogens is 229 g/mol. The summed E-state index contributed by atoms with van der Waals surface area (Å²) in [4.78, 5) is 22.5. The molecule has 2 N–H and O–H groups in total. The largest absolute Gasteiger partial charge is 0.479 e. The smallest absolute Gasteiger partial charge is 0.408 e. The van der Waals surface area contributed by atoms with Crippen LogP contribution in [-0.4, -0.2) is 51.3 Å².